The third-order valence-electron chi connectivity index (χ3n) is 3.51. The van der Waals surface area contributed by atoms with Crippen LogP contribution in [0.15, 0.2) is 27.5 Å². The lowest BCUT2D eigenvalue weighted by Crippen LogP contribution is -2.19. The average Bonchev–Trinajstić information content (AvgIpc) is 2.99. The molecule has 3 aromatic rings. The first-order valence-corrected chi connectivity index (χ1v) is 7.52. The van der Waals surface area contributed by atoms with Crippen molar-refractivity contribution in [1.29, 1.82) is 0 Å². The van der Waals surface area contributed by atoms with Crippen molar-refractivity contribution in [3.05, 3.63) is 50.6 Å². The normalized spacial score (nSPS) is 12.3. The molecule has 0 fully saturated rings. The lowest BCUT2D eigenvalue weighted by molar-refractivity contribution is 0.0265. The molecule has 0 saturated carbocycles. The van der Waals surface area contributed by atoms with E-state index in [0.29, 0.717) is 16.7 Å². The highest BCUT2D eigenvalue weighted by Crippen LogP contribution is 2.18. The molecule has 0 aliphatic rings. The highest BCUT2D eigenvalue weighted by atomic mass is 32.1. The van der Waals surface area contributed by atoms with Gasteiger partial charge in [0.05, 0.1) is 16.5 Å². The van der Waals surface area contributed by atoms with Crippen LogP contribution in [0.25, 0.3) is 10.9 Å². The predicted molar refractivity (Wildman–Crippen MR) is 87.2 cm³/mol. The Morgan fingerprint density at radius 2 is 2.21 bits per heavy atom. The monoisotopic (exact) mass is 346 g/mol. The summed E-state index contributed by atoms with van der Waals surface area (Å²) in [6, 6.07) is 4.61. The van der Waals surface area contributed by atoms with E-state index in [1.165, 1.54) is 16.7 Å². The number of aromatic amines is 1. The topological polar surface area (TPSA) is 103 Å². The number of aromatic nitrogens is 4. The van der Waals surface area contributed by atoms with Gasteiger partial charge in [-0.3, -0.25) is 9.36 Å². The number of rotatable bonds is 3. The van der Waals surface area contributed by atoms with E-state index in [1.54, 1.807) is 27.0 Å². The third-order valence-corrected chi connectivity index (χ3v) is 3.89. The molecule has 1 aromatic carbocycles. The Balaban J connectivity index is 1.91. The van der Waals surface area contributed by atoms with Gasteiger partial charge in [-0.25, -0.2) is 4.79 Å². The number of carbonyl (C=O) groups is 1. The van der Waals surface area contributed by atoms with Crippen molar-refractivity contribution in [2.45, 2.75) is 20.0 Å². The SMILES string of the molecule is Cc1noc([C@@H](C)OC(=O)c2ccc3c(=O)n(C)c(=S)[nH]c3c2)n1. The summed E-state index contributed by atoms with van der Waals surface area (Å²) in [5, 5.41) is 4.09. The number of hydrogen-bond acceptors (Lipinski definition) is 7. The summed E-state index contributed by atoms with van der Waals surface area (Å²) in [7, 11) is 1.58. The molecule has 0 aliphatic carbocycles. The first-order valence-electron chi connectivity index (χ1n) is 7.11. The van der Waals surface area contributed by atoms with Crippen LogP contribution in [0.1, 0.15) is 35.1 Å². The van der Waals surface area contributed by atoms with Crippen molar-refractivity contribution in [2.24, 2.45) is 7.05 Å². The molecule has 8 nitrogen and oxygen atoms in total. The molecule has 0 amide bonds. The number of carbonyl (C=O) groups excluding carboxylic acids is 1. The van der Waals surface area contributed by atoms with E-state index in [9.17, 15) is 9.59 Å². The van der Waals surface area contributed by atoms with Gasteiger partial charge >= 0.3 is 5.97 Å². The fourth-order valence-corrected chi connectivity index (χ4v) is 2.38. The fraction of sp³-hybridized carbons (Fsp3) is 0.267. The zero-order chi connectivity index (χ0) is 17.4. The minimum Gasteiger partial charge on any atom is -0.449 e. The largest absolute Gasteiger partial charge is 0.449 e. The van der Waals surface area contributed by atoms with E-state index in [-0.39, 0.29) is 21.8 Å². The van der Waals surface area contributed by atoms with E-state index in [2.05, 4.69) is 15.1 Å². The fourth-order valence-electron chi connectivity index (χ4n) is 2.19. The first kappa shape index (κ1) is 16.1. The Labute approximate surface area is 141 Å². The molecule has 0 bridgehead atoms. The highest BCUT2D eigenvalue weighted by molar-refractivity contribution is 7.71. The van der Waals surface area contributed by atoms with Gasteiger partial charge in [0.1, 0.15) is 0 Å². The van der Waals surface area contributed by atoms with Crippen LogP contribution in [-0.2, 0) is 11.8 Å². The molecule has 0 radical (unpaired) electrons. The summed E-state index contributed by atoms with van der Waals surface area (Å²) in [4.78, 5) is 31.3. The minimum absolute atomic E-state index is 0.218. The van der Waals surface area contributed by atoms with Gasteiger partial charge in [-0.15, -0.1) is 0 Å². The number of fused-ring (bicyclic) bond motifs is 1. The number of aryl methyl sites for hydroxylation is 1. The minimum atomic E-state index is -0.684. The molecular formula is C15H14N4O4S. The zero-order valence-electron chi connectivity index (χ0n) is 13.2. The van der Waals surface area contributed by atoms with E-state index in [0.717, 1.165) is 0 Å². The van der Waals surface area contributed by atoms with Gasteiger partial charge in [0.25, 0.3) is 11.4 Å². The predicted octanol–water partition coefficient (Wildman–Crippen LogP) is 2.21. The Morgan fingerprint density at radius 1 is 1.46 bits per heavy atom. The second-order valence-electron chi connectivity index (χ2n) is 5.28. The summed E-state index contributed by atoms with van der Waals surface area (Å²) in [6.45, 7) is 3.31. The van der Waals surface area contributed by atoms with Crippen LogP contribution in [0.5, 0.6) is 0 Å². The molecule has 3 rings (SSSR count). The highest BCUT2D eigenvalue weighted by Gasteiger charge is 2.19. The van der Waals surface area contributed by atoms with Crippen molar-refractivity contribution < 1.29 is 14.1 Å². The molecule has 0 spiro atoms. The molecule has 2 heterocycles. The maximum absolute atomic E-state index is 12.3. The molecule has 9 heteroatoms. The molecular weight excluding hydrogens is 332 g/mol. The number of ether oxygens (including phenoxy) is 1. The maximum Gasteiger partial charge on any atom is 0.338 e. The van der Waals surface area contributed by atoms with Crippen molar-refractivity contribution in [1.82, 2.24) is 19.7 Å². The first-order chi connectivity index (χ1) is 11.4. The summed E-state index contributed by atoms with van der Waals surface area (Å²) in [6.07, 6.45) is -0.684. The van der Waals surface area contributed by atoms with Gasteiger partial charge in [0.2, 0.25) is 0 Å². The van der Waals surface area contributed by atoms with E-state index >= 15 is 0 Å². The smallest absolute Gasteiger partial charge is 0.338 e. The number of nitrogens with one attached hydrogen (secondary N) is 1. The van der Waals surface area contributed by atoms with Gasteiger partial charge in [0, 0.05) is 7.05 Å². The van der Waals surface area contributed by atoms with Crippen LogP contribution in [-0.4, -0.2) is 25.7 Å². The summed E-state index contributed by atoms with van der Waals surface area (Å²) < 4.78 is 11.9. The molecule has 0 saturated heterocycles. The molecule has 124 valence electrons. The number of hydrogen-bond donors (Lipinski definition) is 1. The Kier molecular flexibility index (Phi) is 4.02. The number of benzene rings is 1. The summed E-state index contributed by atoms with van der Waals surface area (Å²) in [5.41, 5.74) is 0.520. The number of nitrogens with zero attached hydrogens (tertiary/aromatic N) is 3. The van der Waals surface area contributed by atoms with Crippen LogP contribution < -0.4 is 5.56 Å². The molecule has 1 N–H and O–H groups in total. The van der Waals surface area contributed by atoms with Crippen molar-refractivity contribution in [2.75, 3.05) is 0 Å². The van der Waals surface area contributed by atoms with Gasteiger partial charge in [-0.05, 0) is 44.3 Å². The van der Waals surface area contributed by atoms with Crippen molar-refractivity contribution in [3.8, 4) is 0 Å². The molecule has 2 aromatic heterocycles. The van der Waals surface area contributed by atoms with E-state index < -0.39 is 12.1 Å². The van der Waals surface area contributed by atoms with Gasteiger partial charge in [-0.2, -0.15) is 4.98 Å². The van der Waals surface area contributed by atoms with E-state index in [1.807, 2.05) is 0 Å². The second-order valence-corrected chi connectivity index (χ2v) is 5.67. The molecule has 0 aliphatic heterocycles. The van der Waals surface area contributed by atoms with Gasteiger partial charge in [0.15, 0.2) is 16.7 Å². The summed E-state index contributed by atoms with van der Waals surface area (Å²) >= 11 is 5.08. The Morgan fingerprint density at radius 3 is 2.88 bits per heavy atom. The number of H-pyrrole nitrogens is 1. The lowest BCUT2D eigenvalue weighted by atomic mass is 10.1. The number of esters is 1. The molecule has 0 unspecified atom stereocenters. The van der Waals surface area contributed by atoms with Crippen molar-refractivity contribution >= 4 is 29.1 Å². The van der Waals surface area contributed by atoms with E-state index in [4.69, 9.17) is 21.5 Å². The zero-order valence-corrected chi connectivity index (χ0v) is 14.0. The quantitative estimate of drug-likeness (QED) is 0.573. The van der Waals surface area contributed by atoms with Crippen LogP contribution in [0.3, 0.4) is 0 Å². The van der Waals surface area contributed by atoms with Crippen LogP contribution in [0.2, 0.25) is 0 Å². The standard InChI is InChI=1S/C15H14N4O4S/c1-7(12-16-8(2)18-23-12)22-14(21)9-4-5-10-11(6-9)17-15(24)19(3)13(10)20/h4-7H,1-3H3,(H,17,24)/t7-/m1/s1. The Bertz CT molecular complexity index is 1050. The summed E-state index contributed by atoms with van der Waals surface area (Å²) in [5.74, 6) is 0.109. The van der Waals surface area contributed by atoms with Crippen LogP contribution >= 0.6 is 12.2 Å². The molecule has 24 heavy (non-hydrogen) atoms. The Hall–Kier alpha value is -2.81. The van der Waals surface area contributed by atoms with Crippen molar-refractivity contribution in [3.63, 3.8) is 0 Å². The van der Waals surface area contributed by atoms with Crippen LogP contribution in [0, 0.1) is 11.7 Å². The van der Waals surface area contributed by atoms with Gasteiger partial charge < -0.3 is 14.2 Å². The molecule has 1 atom stereocenters. The third kappa shape index (κ3) is 2.85. The van der Waals surface area contributed by atoms with Crippen LogP contribution in [0.4, 0.5) is 0 Å². The average molecular weight is 346 g/mol. The maximum atomic E-state index is 12.3. The van der Waals surface area contributed by atoms with Gasteiger partial charge in [-0.1, -0.05) is 5.16 Å². The lowest BCUT2D eigenvalue weighted by Gasteiger charge is -2.10. The second kappa shape index (κ2) is 6.00.